The molecule has 3 heteroatoms. The second-order valence-electron chi connectivity index (χ2n) is 4.15. The minimum absolute atomic E-state index is 0.609. The zero-order valence-corrected chi connectivity index (χ0v) is 10.9. The van der Waals surface area contributed by atoms with Crippen LogP contribution in [0.5, 0.6) is 0 Å². The molecule has 0 aliphatic rings. The maximum atomic E-state index is 5.63. The molecule has 90 valence electrons. The number of benzene rings is 1. The second-order valence-corrected chi connectivity index (χ2v) is 5.16. The molecular weight excluding hydrogens is 228 g/mol. The van der Waals surface area contributed by atoms with E-state index in [-0.39, 0.29) is 0 Å². The van der Waals surface area contributed by atoms with Crippen LogP contribution in [0.4, 0.5) is 0 Å². The van der Waals surface area contributed by atoms with Crippen LogP contribution in [-0.2, 0) is 19.6 Å². The molecule has 0 atom stereocenters. The van der Waals surface area contributed by atoms with E-state index in [2.05, 4.69) is 48.0 Å². The van der Waals surface area contributed by atoms with Crippen molar-refractivity contribution in [2.45, 2.75) is 26.6 Å². The van der Waals surface area contributed by atoms with Crippen LogP contribution >= 0.6 is 11.3 Å². The van der Waals surface area contributed by atoms with Gasteiger partial charge in [0.15, 0.2) is 0 Å². The van der Waals surface area contributed by atoms with Gasteiger partial charge in [-0.3, -0.25) is 0 Å². The predicted octanol–water partition coefficient (Wildman–Crippen LogP) is 2.81. The third-order valence-corrected chi connectivity index (χ3v) is 3.83. The fraction of sp³-hybridized carbons (Fsp3) is 0.286. The highest BCUT2D eigenvalue weighted by molar-refractivity contribution is 7.10. The van der Waals surface area contributed by atoms with E-state index in [9.17, 15) is 0 Å². The molecule has 2 aromatic rings. The number of nitrogens with two attached hydrogens (primary N) is 1. The SMILES string of the molecule is Cc1ccsc1CNCc1cccc(CN)c1. The van der Waals surface area contributed by atoms with Crippen LogP contribution in [0.3, 0.4) is 0 Å². The smallest absolute Gasteiger partial charge is 0.0305 e. The van der Waals surface area contributed by atoms with Crippen molar-refractivity contribution in [3.63, 3.8) is 0 Å². The Balaban J connectivity index is 1.87. The molecular formula is C14H18N2S. The molecule has 2 rings (SSSR count). The van der Waals surface area contributed by atoms with Gasteiger partial charge < -0.3 is 11.1 Å². The van der Waals surface area contributed by atoms with E-state index in [1.807, 2.05) is 11.3 Å². The highest BCUT2D eigenvalue weighted by atomic mass is 32.1. The summed E-state index contributed by atoms with van der Waals surface area (Å²) in [5.41, 5.74) is 9.48. The fourth-order valence-corrected chi connectivity index (χ4v) is 2.65. The second kappa shape index (κ2) is 5.96. The summed E-state index contributed by atoms with van der Waals surface area (Å²) in [4.78, 5) is 1.42. The Morgan fingerprint density at radius 2 is 2.00 bits per heavy atom. The van der Waals surface area contributed by atoms with Gasteiger partial charge in [-0.25, -0.2) is 0 Å². The van der Waals surface area contributed by atoms with Crippen LogP contribution < -0.4 is 11.1 Å². The molecule has 3 N–H and O–H groups in total. The largest absolute Gasteiger partial charge is 0.326 e. The number of aryl methyl sites for hydroxylation is 1. The highest BCUT2D eigenvalue weighted by Gasteiger charge is 1.99. The zero-order chi connectivity index (χ0) is 12.1. The van der Waals surface area contributed by atoms with E-state index in [1.165, 1.54) is 21.6 Å². The van der Waals surface area contributed by atoms with E-state index in [1.54, 1.807) is 0 Å². The van der Waals surface area contributed by atoms with Crippen LogP contribution in [0.1, 0.15) is 21.6 Å². The molecule has 0 spiro atoms. The minimum Gasteiger partial charge on any atom is -0.326 e. The van der Waals surface area contributed by atoms with E-state index in [0.717, 1.165) is 13.1 Å². The first kappa shape index (κ1) is 12.3. The van der Waals surface area contributed by atoms with Crippen molar-refractivity contribution in [1.29, 1.82) is 0 Å². The number of hydrogen-bond donors (Lipinski definition) is 2. The average molecular weight is 246 g/mol. The third kappa shape index (κ3) is 3.40. The van der Waals surface area contributed by atoms with Gasteiger partial charge in [0.1, 0.15) is 0 Å². The van der Waals surface area contributed by atoms with Gasteiger partial charge in [0.2, 0.25) is 0 Å². The number of hydrogen-bond acceptors (Lipinski definition) is 3. The number of rotatable bonds is 5. The molecule has 2 nitrogen and oxygen atoms in total. The van der Waals surface area contributed by atoms with Crippen LogP contribution in [0.15, 0.2) is 35.7 Å². The van der Waals surface area contributed by atoms with E-state index in [0.29, 0.717) is 6.54 Å². The molecule has 0 amide bonds. The van der Waals surface area contributed by atoms with Crippen molar-refractivity contribution in [3.05, 3.63) is 57.3 Å². The molecule has 0 aliphatic heterocycles. The average Bonchev–Trinajstić information content (AvgIpc) is 2.76. The van der Waals surface area contributed by atoms with Crippen LogP contribution in [0.2, 0.25) is 0 Å². The lowest BCUT2D eigenvalue weighted by Crippen LogP contribution is -2.12. The first-order chi connectivity index (χ1) is 8.29. The number of thiophene rings is 1. The minimum atomic E-state index is 0.609. The summed E-state index contributed by atoms with van der Waals surface area (Å²) < 4.78 is 0. The topological polar surface area (TPSA) is 38.0 Å². The molecule has 1 aromatic heterocycles. The molecule has 0 saturated carbocycles. The lowest BCUT2D eigenvalue weighted by Gasteiger charge is -2.06. The van der Waals surface area contributed by atoms with Crippen molar-refractivity contribution in [2.75, 3.05) is 0 Å². The standard InChI is InChI=1S/C14H18N2S/c1-11-5-6-17-14(11)10-16-9-13-4-2-3-12(7-13)8-15/h2-7,16H,8-10,15H2,1H3. The Kier molecular flexibility index (Phi) is 4.31. The van der Waals surface area contributed by atoms with Gasteiger partial charge >= 0.3 is 0 Å². The van der Waals surface area contributed by atoms with E-state index in [4.69, 9.17) is 5.73 Å². The maximum absolute atomic E-state index is 5.63. The lowest BCUT2D eigenvalue weighted by atomic mass is 10.1. The van der Waals surface area contributed by atoms with E-state index < -0.39 is 0 Å². The molecule has 17 heavy (non-hydrogen) atoms. The fourth-order valence-electron chi connectivity index (χ4n) is 1.77. The first-order valence-electron chi connectivity index (χ1n) is 5.81. The van der Waals surface area contributed by atoms with Gasteiger partial charge in [0.05, 0.1) is 0 Å². The molecule has 0 saturated heterocycles. The maximum Gasteiger partial charge on any atom is 0.0305 e. The molecule has 0 bridgehead atoms. The van der Waals surface area contributed by atoms with Crippen molar-refractivity contribution < 1.29 is 0 Å². The summed E-state index contributed by atoms with van der Waals surface area (Å²) in [5, 5.41) is 5.61. The molecule has 0 radical (unpaired) electrons. The van der Waals surface area contributed by atoms with Gasteiger partial charge in [-0.05, 0) is 35.1 Å². The summed E-state index contributed by atoms with van der Waals surface area (Å²) in [5.74, 6) is 0. The summed E-state index contributed by atoms with van der Waals surface area (Å²) in [7, 11) is 0. The highest BCUT2D eigenvalue weighted by Crippen LogP contribution is 2.15. The third-order valence-electron chi connectivity index (χ3n) is 2.81. The molecule has 1 heterocycles. The monoisotopic (exact) mass is 246 g/mol. The van der Waals surface area contributed by atoms with Crippen LogP contribution in [0.25, 0.3) is 0 Å². The Morgan fingerprint density at radius 3 is 2.71 bits per heavy atom. The van der Waals surface area contributed by atoms with Gasteiger partial charge in [-0.15, -0.1) is 11.3 Å². The summed E-state index contributed by atoms with van der Waals surface area (Å²) in [6.07, 6.45) is 0. The normalized spacial score (nSPS) is 10.7. The molecule has 1 aromatic carbocycles. The Bertz CT molecular complexity index is 477. The Labute approximate surface area is 106 Å². The molecule has 0 aliphatic carbocycles. The lowest BCUT2D eigenvalue weighted by molar-refractivity contribution is 0.698. The van der Waals surface area contributed by atoms with Crippen molar-refractivity contribution in [2.24, 2.45) is 5.73 Å². The summed E-state index contributed by atoms with van der Waals surface area (Å²) in [6, 6.07) is 10.6. The Morgan fingerprint density at radius 1 is 1.18 bits per heavy atom. The first-order valence-corrected chi connectivity index (χ1v) is 6.69. The van der Waals surface area contributed by atoms with Crippen molar-refractivity contribution in [1.82, 2.24) is 5.32 Å². The molecule has 0 fully saturated rings. The van der Waals surface area contributed by atoms with Gasteiger partial charge in [-0.1, -0.05) is 24.3 Å². The van der Waals surface area contributed by atoms with Crippen molar-refractivity contribution >= 4 is 11.3 Å². The zero-order valence-electron chi connectivity index (χ0n) is 10.1. The van der Waals surface area contributed by atoms with Gasteiger partial charge in [0, 0.05) is 24.5 Å². The van der Waals surface area contributed by atoms with Gasteiger partial charge in [0.25, 0.3) is 0 Å². The summed E-state index contributed by atoms with van der Waals surface area (Å²) >= 11 is 1.81. The van der Waals surface area contributed by atoms with Crippen molar-refractivity contribution in [3.8, 4) is 0 Å². The predicted molar refractivity (Wildman–Crippen MR) is 73.9 cm³/mol. The molecule has 0 unspecified atom stereocenters. The summed E-state index contributed by atoms with van der Waals surface area (Å²) in [6.45, 7) is 4.60. The van der Waals surface area contributed by atoms with Gasteiger partial charge in [-0.2, -0.15) is 0 Å². The number of nitrogens with one attached hydrogen (secondary N) is 1. The van der Waals surface area contributed by atoms with Crippen LogP contribution in [-0.4, -0.2) is 0 Å². The van der Waals surface area contributed by atoms with E-state index >= 15 is 0 Å². The van der Waals surface area contributed by atoms with Crippen LogP contribution in [0, 0.1) is 6.92 Å². The quantitative estimate of drug-likeness (QED) is 0.851. The Hall–Kier alpha value is -1.16.